The van der Waals surface area contributed by atoms with Crippen LogP contribution in [0.2, 0.25) is 0 Å². The molecule has 28 heavy (non-hydrogen) atoms. The molecule has 1 nitrogen and oxygen atoms in total. The van der Waals surface area contributed by atoms with Gasteiger partial charge in [-0.3, -0.25) is 0 Å². The summed E-state index contributed by atoms with van der Waals surface area (Å²) in [6.45, 7) is 6.10. The van der Waals surface area contributed by atoms with Crippen molar-refractivity contribution in [2.45, 2.75) is 57.8 Å². The van der Waals surface area contributed by atoms with Crippen LogP contribution in [0.5, 0.6) is 5.75 Å². The normalized spacial score (nSPS) is 27.4. The minimum Gasteiger partial charge on any atom is -0.486 e. The largest absolute Gasteiger partial charge is 0.486 e. The molecule has 0 spiro atoms. The van der Waals surface area contributed by atoms with Crippen LogP contribution < -0.4 is 4.74 Å². The van der Waals surface area contributed by atoms with Crippen molar-refractivity contribution in [1.29, 1.82) is 0 Å². The van der Waals surface area contributed by atoms with Gasteiger partial charge in [0.2, 0.25) is 0 Å². The number of rotatable bonds is 5. The SMILES string of the molecule is C=CCOc1cc2ccc([C@@H]3CC[C@@H]4CC(CC)CCC4C3)c(F)c2cc1F. The highest BCUT2D eigenvalue weighted by molar-refractivity contribution is 5.85. The Hall–Kier alpha value is -1.90. The number of benzene rings is 2. The summed E-state index contributed by atoms with van der Waals surface area (Å²) in [6, 6.07) is 6.69. The lowest BCUT2D eigenvalue weighted by molar-refractivity contribution is 0.116. The molecule has 0 radical (unpaired) electrons. The smallest absolute Gasteiger partial charge is 0.165 e. The maximum Gasteiger partial charge on any atom is 0.165 e. The monoisotopic (exact) mass is 384 g/mol. The van der Waals surface area contributed by atoms with Gasteiger partial charge in [0, 0.05) is 5.39 Å². The van der Waals surface area contributed by atoms with Crippen molar-refractivity contribution in [2.24, 2.45) is 17.8 Å². The molecule has 0 bridgehead atoms. The van der Waals surface area contributed by atoms with Crippen molar-refractivity contribution >= 4 is 10.8 Å². The van der Waals surface area contributed by atoms with Crippen molar-refractivity contribution in [3.63, 3.8) is 0 Å². The van der Waals surface area contributed by atoms with Crippen LogP contribution >= 0.6 is 0 Å². The van der Waals surface area contributed by atoms with E-state index < -0.39 is 5.82 Å². The Morgan fingerprint density at radius 2 is 1.86 bits per heavy atom. The minimum atomic E-state index is -0.521. The fourth-order valence-corrected chi connectivity index (χ4v) is 5.52. The second-order valence-corrected chi connectivity index (χ2v) is 8.69. The summed E-state index contributed by atoms with van der Waals surface area (Å²) in [5.74, 6) is 2.06. The molecule has 2 aromatic carbocycles. The fraction of sp³-hybridized carbons (Fsp3) is 0.520. The number of fused-ring (bicyclic) bond motifs is 2. The van der Waals surface area contributed by atoms with Crippen molar-refractivity contribution < 1.29 is 13.5 Å². The third kappa shape index (κ3) is 3.68. The molecular weight excluding hydrogens is 354 g/mol. The summed E-state index contributed by atoms with van der Waals surface area (Å²) in [6.07, 6.45) is 10.1. The van der Waals surface area contributed by atoms with E-state index in [1.165, 1.54) is 38.2 Å². The summed E-state index contributed by atoms with van der Waals surface area (Å²) in [5, 5.41) is 1.04. The molecule has 0 amide bonds. The quantitative estimate of drug-likeness (QED) is 0.488. The van der Waals surface area contributed by atoms with E-state index >= 15 is 4.39 Å². The Bertz CT molecular complexity index is 859. The minimum absolute atomic E-state index is 0.146. The maximum atomic E-state index is 15.3. The van der Waals surface area contributed by atoms with E-state index in [1.807, 2.05) is 12.1 Å². The van der Waals surface area contributed by atoms with Crippen LogP contribution in [0, 0.1) is 29.4 Å². The van der Waals surface area contributed by atoms with Gasteiger partial charge < -0.3 is 4.74 Å². The van der Waals surface area contributed by atoms with Crippen molar-refractivity contribution in [1.82, 2.24) is 0 Å². The van der Waals surface area contributed by atoms with Crippen LogP contribution in [0.3, 0.4) is 0 Å². The van der Waals surface area contributed by atoms with Crippen LogP contribution in [0.25, 0.3) is 10.8 Å². The van der Waals surface area contributed by atoms with Gasteiger partial charge in [0.05, 0.1) is 0 Å². The van der Waals surface area contributed by atoms with Gasteiger partial charge in [-0.15, -0.1) is 0 Å². The van der Waals surface area contributed by atoms with Gasteiger partial charge in [0.25, 0.3) is 0 Å². The summed E-state index contributed by atoms with van der Waals surface area (Å²) in [7, 11) is 0. The van der Waals surface area contributed by atoms with E-state index in [-0.39, 0.29) is 24.1 Å². The number of hydrogen-bond donors (Lipinski definition) is 0. The van der Waals surface area contributed by atoms with Crippen LogP contribution in [-0.2, 0) is 0 Å². The standard InChI is InChI=1S/C25H30F2O/c1-3-11-28-24-14-20-9-10-21(25(27)22(20)15-23(24)26)19-8-7-17-12-16(4-2)5-6-18(17)13-19/h3,9-10,14-19H,1,4-8,11-13H2,2H3/t16?,17-,18?,19-/m1/s1. The zero-order valence-electron chi connectivity index (χ0n) is 16.7. The maximum absolute atomic E-state index is 15.3. The lowest BCUT2D eigenvalue weighted by Crippen LogP contribution is -2.30. The average Bonchev–Trinajstić information content (AvgIpc) is 2.72. The molecule has 2 aliphatic rings. The highest BCUT2D eigenvalue weighted by Crippen LogP contribution is 2.49. The molecule has 2 unspecified atom stereocenters. The summed E-state index contributed by atoms with van der Waals surface area (Å²) in [4.78, 5) is 0. The van der Waals surface area contributed by atoms with E-state index in [4.69, 9.17) is 4.74 Å². The molecule has 0 aromatic heterocycles. The third-order valence-electron chi connectivity index (χ3n) is 7.13. The zero-order valence-corrected chi connectivity index (χ0v) is 16.7. The van der Waals surface area contributed by atoms with Crippen molar-refractivity contribution in [3.05, 3.63) is 54.1 Å². The number of halogens is 2. The molecule has 2 fully saturated rings. The van der Waals surface area contributed by atoms with Crippen molar-refractivity contribution in [2.75, 3.05) is 6.61 Å². The van der Waals surface area contributed by atoms with Crippen molar-refractivity contribution in [3.8, 4) is 5.75 Å². The lowest BCUT2D eigenvalue weighted by atomic mass is 9.63. The second kappa shape index (κ2) is 8.23. The van der Waals surface area contributed by atoms with Gasteiger partial charge in [0.15, 0.2) is 11.6 Å². The van der Waals surface area contributed by atoms with Crippen LogP contribution in [0.1, 0.15) is 63.4 Å². The van der Waals surface area contributed by atoms with Gasteiger partial charge in [-0.25, -0.2) is 8.78 Å². The van der Waals surface area contributed by atoms with E-state index in [2.05, 4.69) is 13.5 Å². The molecule has 3 heteroatoms. The zero-order chi connectivity index (χ0) is 19.7. The first kappa shape index (κ1) is 19.4. The van der Waals surface area contributed by atoms with Crippen LogP contribution in [-0.4, -0.2) is 6.61 Å². The Labute approximate surface area is 166 Å². The molecule has 4 atom stereocenters. The molecule has 0 heterocycles. The Balaban J connectivity index is 1.58. The van der Waals surface area contributed by atoms with Gasteiger partial charge in [0.1, 0.15) is 12.4 Å². The first-order valence-electron chi connectivity index (χ1n) is 10.8. The molecular formula is C25H30F2O. The molecule has 2 aromatic rings. The molecule has 4 rings (SSSR count). The van der Waals surface area contributed by atoms with Crippen LogP contribution in [0.4, 0.5) is 8.78 Å². The van der Waals surface area contributed by atoms with Gasteiger partial charge in [-0.1, -0.05) is 44.6 Å². The Kier molecular flexibility index (Phi) is 5.70. The highest BCUT2D eigenvalue weighted by atomic mass is 19.1. The molecule has 0 saturated heterocycles. The predicted octanol–water partition coefficient (Wildman–Crippen LogP) is 7.39. The predicted molar refractivity (Wildman–Crippen MR) is 111 cm³/mol. The highest BCUT2D eigenvalue weighted by Gasteiger charge is 2.36. The first-order chi connectivity index (χ1) is 13.6. The first-order valence-corrected chi connectivity index (χ1v) is 10.8. The number of hydrogen-bond acceptors (Lipinski definition) is 1. The molecule has 150 valence electrons. The topological polar surface area (TPSA) is 9.23 Å². The summed E-state index contributed by atoms with van der Waals surface area (Å²) >= 11 is 0. The lowest BCUT2D eigenvalue weighted by Gasteiger charge is -2.42. The van der Waals surface area contributed by atoms with Gasteiger partial charge in [-0.05, 0) is 78.9 Å². The Morgan fingerprint density at radius 3 is 2.64 bits per heavy atom. The Morgan fingerprint density at radius 1 is 1.07 bits per heavy atom. The number of ether oxygens (including phenoxy) is 1. The molecule has 2 aliphatic carbocycles. The van der Waals surface area contributed by atoms with E-state index in [1.54, 1.807) is 12.1 Å². The van der Waals surface area contributed by atoms with E-state index in [9.17, 15) is 4.39 Å². The summed E-state index contributed by atoms with van der Waals surface area (Å²) in [5.41, 5.74) is 0.766. The van der Waals surface area contributed by atoms with Gasteiger partial charge >= 0.3 is 0 Å². The third-order valence-corrected chi connectivity index (χ3v) is 7.13. The average molecular weight is 385 g/mol. The van der Waals surface area contributed by atoms with E-state index in [0.29, 0.717) is 10.8 Å². The fourth-order valence-electron chi connectivity index (χ4n) is 5.52. The summed E-state index contributed by atoms with van der Waals surface area (Å²) < 4.78 is 35.0. The molecule has 0 aliphatic heterocycles. The second-order valence-electron chi connectivity index (χ2n) is 8.69. The van der Waals surface area contributed by atoms with E-state index in [0.717, 1.165) is 36.2 Å². The van der Waals surface area contributed by atoms with Gasteiger partial charge in [-0.2, -0.15) is 0 Å². The molecule has 2 saturated carbocycles. The van der Waals surface area contributed by atoms with Crippen LogP contribution in [0.15, 0.2) is 36.9 Å². The molecule has 0 N–H and O–H groups in total.